The molecule has 3 aromatic rings. The summed E-state index contributed by atoms with van der Waals surface area (Å²) in [5.41, 5.74) is 1.79. The first-order chi connectivity index (χ1) is 11.6. The van der Waals surface area contributed by atoms with Gasteiger partial charge in [0.15, 0.2) is 0 Å². The highest BCUT2D eigenvalue weighted by Gasteiger charge is 2.31. The van der Waals surface area contributed by atoms with E-state index in [1.165, 1.54) is 0 Å². The number of hydrogen-bond donors (Lipinski definition) is 3. The van der Waals surface area contributed by atoms with E-state index in [0.29, 0.717) is 0 Å². The fourth-order valence-corrected chi connectivity index (χ4v) is 2.74. The second kappa shape index (κ2) is 5.69. The van der Waals surface area contributed by atoms with Crippen LogP contribution in [-0.2, 0) is 5.41 Å². The minimum Gasteiger partial charge on any atom is -0.508 e. The SMILES string of the molecule is [2H]CC(c1ccc(O)cc1)(c1ccc(O)cc1)c1ccc(O)cc1. The monoisotopic (exact) mass is 307 g/mol. The van der Waals surface area contributed by atoms with Gasteiger partial charge < -0.3 is 15.3 Å². The number of rotatable bonds is 3. The third kappa shape index (κ3) is 2.73. The first-order valence-electron chi connectivity index (χ1n) is 7.95. The van der Waals surface area contributed by atoms with E-state index in [1.807, 2.05) is 0 Å². The van der Waals surface area contributed by atoms with Crippen LogP contribution in [0, 0.1) is 0 Å². The number of phenols is 3. The topological polar surface area (TPSA) is 60.7 Å². The molecule has 116 valence electrons. The van der Waals surface area contributed by atoms with Crippen molar-refractivity contribution in [3.05, 3.63) is 89.5 Å². The Morgan fingerprint density at radius 3 is 1.04 bits per heavy atom. The van der Waals surface area contributed by atoms with Crippen LogP contribution in [0.5, 0.6) is 17.2 Å². The Labute approximate surface area is 136 Å². The molecule has 0 aromatic heterocycles. The Bertz CT molecular complexity index is 698. The van der Waals surface area contributed by atoms with E-state index in [4.69, 9.17) is 1.37 Å². The highest BCUT2D eigenvalue weighted by atomic mass is 16.3. The van der Waals surface area contributed by atoms with Gasteiger partial charge in [0.2, 0.25) is 0 Å². The van der Waals surface area contributed by atoms with Gasteiger partial charge in [-0.2, -0.15) is 0 Å². The minimum atomic E-state index is -0.769. The molecule has 0 radical (unpaired) electrons. The van der Waals surface area contributed by atoms with Gasteiger partial charge >= 0.3 is 0 Å². The van der Waals surface area contributed by atoms with Crippen molar-refractivity contribution in [2.75, 3.05) is 0 Å². The molecule has 0 unspecified atom stereocenters. The molecule has 3 aromatic carbocycles. The molecule has 0 aliphatic carbocycles. The van der Waals surface area contributed by atoms with Crippen molar-refractivity contribution < 1.29 is 16.7 Å². The average molecular weight is 307 g/mol. The fourth-order valence-electron chi connectivity index (χ4n) is 2.74. The van der Waals surface area contributed by atoms with E-state index in [1.54, 1.807) is 72.8 Å². The summed E-state index contributed by atoms with van der Waals surface area (Å²) in [6, 6.07) is 20.4. The van der Waals surface area contributed by atoms with Crippen molar-refractivity contribution in [3.8, 4) is 17.2 Å². The van der Waals surface area contributed by atoms with Gasteiger partial charge in [0.05, 0.1) is 0 Å². The van der Waals surface area contributed by atoms with E-state index >= 15 is 0 Å². The van der Waals surface area contributed by atoms with Crippen LogP contribution in [0.3, 0.4) is 0 Å². The van der Waals surface area contributed by atoms with Gasteiger partial charge in [0.25, 0.3) is 0 Å². The summed E-state index contributed by atoms with van der Waals surface area (Å²) in [7, 11) is 0. The molecule has 0 saturated carbocycles. The molecule has 3 rings (SSSR count). The quantitative estimate of drug-likeness (QED) is 0.637. The zero-order valence-electron chi connectivity index (χ0n) is 13.5. The van der Waals surface area contributed by atoms with Gasteiger partial charge in [-0.3, -0.25) is 0 Å². The maximum atomic E-state index is 9.60. The highest BCUT2D eigenvalue weighted by molar-refractivity contribution is 5.51. The second-order valence-corrected chi connectivity index (χ2v) is 5.55. The van der Waals surface area contributed by atoms with Crippen LogP contribution in [0.25, 0.3) is 0 Å². The molecule has 0 aliphatic heterocycles. The van der Waals surface area contributed by atoms with Crippen molar-refractivity contribution in [1.82, 2.24) is 0 Å². The van der Waals surface area contributed by atoms with Gasteiger partial charge in [-0.05, 0) is 60.0 Å². The van der Waals surface area contributed by atoms with Crippen molar-refractivity contribution in [1.29, 1.82) is 0 Å². The first-order valence-corrected chi connectivity index (χ1v) is 7.24. The zero-order chi connectivity index (χ0) is 17.2. The van der Waals surface area contributed by atoms with Gasteiger partial charge in [-0.1, -0.05) is 36.4 Å². The van der Waals surface area contributed by atoms with Gasteiger partial charge in [-0.15, -0.1) is 0 Å². The second-order valence-electron chi connectivity index (χ2n) is 5.55. The molecule has 0 atom stereocenters. The van der Waals surface area contributed by atoms with E-state index in [-0.39, 0.29) is 24.1 Å². The molecule has 0 heterocycles. The highest BCUT2D eigenvalue weighted by Crippen LogP contribution is 2.40. The van der Waals surface area contributed by atoms with Crippen molar-refractivity contribution in [3.63, 3.8) is 0 Å². The standard InChI is InChI=1S/C20H18O3/c1-20(14-2-8-17(21)9-3-14,15-4-10-18(22)11-5-15)16-6-12-19(23)13-7-16/h2-13,21-23H,1H3/i1D. The lowest BCUT2D eigenvalue weighted by atomic mass is 9.71. The van der Waals surface area contributed by atoms with E-state index < -0.39 is 5.41 Å². The summed E-state index contributed by atoms with van der Waals surface area (Å²) in [6.07, 6.45) is 0. The van der Waals surface area contributed by atoms with Crippen molar-refractivity contribution >= 4 is 0 Å². The average Bonchev–Trinajstić information content (AvgIpc) is 2.60. The summed E-state index contributed by atoms with van der Waals surface area (Å²) in [5, 5.41) is 28.8. The molecule has 0 saturated heterocycles. The van der Waals surface area contributed by atoms with Crippen LogP contribution in [0.2, 0.25) is 0 Å². The summed E-state index contributed by atoms with van der Waals surface area (Å²) < 4.78 is 8.29. The van der Waals surface area contributed by atoms with Crippen LogP contribution >= 0.6 is 0 Å². The van der Waals surface area contributed by atoms with E-state index in [0.717, 1.165) is 16.7 Å². The van der Waals surface area contributed by atoms with Crippen LogP contribution in [0.15, 0.2) is 72.8 Å². The summed E-state index contributed by atoms with van der Waals surface area (Å²) in [4.78, 5) is 0. The number of phenolic OH excluding ortho intramolecular Hbond substituents is 3. The molecule has 0 fully saturated rings. The van der Waals surface area contributed by atoms with E-state index in [2.05, 4.69) is 0 Å². The number of aromatic hydroxyl groups is 3. The first kappa shape index (κ1) is 13.7. The molecule has 3 nitrogen and oxygen atoms in total. The summed E-state index contributed by atoms with van der Waals surface area (Å²) in [6.45, 7) is 0.0350. The molecule has 0 aliphatic rings. The predicted molar refractivity (Wildman–Crippen MR) is 89.9 cm³/mol. The van der Waals surface area contributed by atoms with Crippen molar-refractivity contribution in [2.45, 2.75) is 12.3 Å². The molecular formula is C20H18O3. The van der Waals surface area contributed by atoms with Crippen LogP contribution in [0.4, 0.5) is 0 Å². The Kier molecular flexibility index (Phi) is 3.39. The van der Waals surface area contributed by atoms with E-state index in [9.17, 15) is 15.3 Å². The fraction of sp³-hybridized carbons (Fsp3) is 0.100. The lowest BCUT2D eigenvalue weighted by Crippen LogP contribution is -2.25. The molecule has 3 heteroatoms. The van der Waals surface area contributed by atoms with Crippen LogP contribution in [-0.4, -0.2) is 15.3 Å². The molecule has 0 amide bonds. The Morgan fingerprint density at radius 1 is 0.565 bits per heavy atom. The third-order valence-corrected chi connectivity index (χ3v) is 4.08. The minimum absolute atomic E-state index is 0.0350. The Balaban J connectivity index is 2.27. The summed E-state index contributed by atoms with van der Waals surface area (Å²) >= 11 is 0. The normalized spacial score (nSPS) is 11.9. The Hall–Kier alpha value is -2.94. The predicted octanol–water partition coefficient (Wildman–Crippen LogP) is 4.16. The van der Waals surface area contributed by atoms with Crippen LogP contribution < -0.4 is 0 Å². The molecule has 3 N–H and O–H groups in total. The lowest BCUT2D eigenvalue weighted by Gasteiger charge is -2.32. The molecule has 23 heavy (non-hydrogen) atoms. The van der Waals surface area contributed by atoms with Gasteiger partial charge in [0.1, 0.15) is 17.2 Å². The zero-order valence-corrected chi connectivity index (χ0v) is 12.5. The molecule has 0 bridgehead atoms. The Morgan fingerprint density at radius 2 is 0.826 bits per heavy atom. The maximum Gasteiger partial charge on any atom is 0.115 e. The number of benzene rings is 3. The summed E-state index contributed by atoms with van der Waals surface area (Å²) in [5.74, 6) is 0.483. The largest absolute Gasteiger partial charge is 0.508 e. The smallest absolute Gasteiger partial charge is 0.115 e. The number of hydrogen-bond acceptors (Lipinski definition) is 3. The third-order valence-electron chi connectivity index (χ3n) is 4.08. The lowest BCUT2D eigenvalue weighted by molar-refractivity contribution is 0.474. The van der Waals surface area contributed by atoms with Gasteiger partial charge in [-0.25, -0.2) is 0 Å². The molecular weight excluding hydrogens is 288 g/mol. The molecule has 0 spiro atoms. The van der Waals surface area contributed by atoms with Crippen LogP contribution in [0.1, 0.15) is 25.0 Å². The van der Waals surface area contributed by atoms with Crippen molar-refractivity contribution in [2.24, 2.45) is 0 Å². The van der Waals surface area contributed by atoms with Gasteiger partial charge in [0, 0.05) is 6.79 Å². The maximum absolute atomic E-state index is 9.60.